The van der Waals surface area contributed by atoms with Crippen LogP contribution in [0, 0.1) is 18.3 Å². The van der Waals surface area contributed by atoms with E-state index in [1.165, 1.54) is 11.1 Å². The van der Waals surface area contributed by atoms with E-state index < -0.39 is 0 Å². The van der Waals surface area contributed by atoms with Crippen LogP contribution in [0.1, 0.15) is 43.2 Å². The predicted molar refractivity (Wildman–Crippen MR) is 133 cm³/mol. The summed E-state index contributed by atoms with van der Waals surface area (Å²) < 4.78 is 0. The molecule has 1 aromatic heterocycles. The Kier molecular flexibility index (Phi) is 6.30. The molecule has 3 fully saturated rings. The van der Waals surface area contributed by atoms with Gasteiger partial charge in [0.15, 0.2) is 0 Å². The smallest absolute Gasteiger partial charge is 0.233 e. The van der Waals surface area contributed by atoms with Crippen molar-refractivity contribution in [3.05, 3.63) is 53.7 Å². The summed E-state index contributed by atoms with van der Waals surface area (Å²) in [5.74, 6) is 1.17. The number of hydrogen-bond acceptors (Lipinski definition) is 5. The van der Waals surface area contributed by atoms with Crippen molar-refractivity contribution < 1.29 is 9.59 Å². The highest BCUT2D eigenvalue weighted by molar-refractivity contribution is 6.00. The molecule has 2 aromatic rings. The highest BCUT2D eigenvalue weighted by atomic mass is 16.2. The molecule has 0 aliphatic carbocycles. The summed E-state index contributed by atoms with van der Waals surface area (Å²) in [6.45, 7) is 6.91. The third kappa shape index (κ3) is 4.53. The van der Waals surface area contributed by atoms with Gasteiger partial charge < -0.3 is 15.5 Å². The minimum atomic E-state index is -0.294. The highest BCUT2D eigenvalue weighted by Crippen LogP contribution is 2.43. The number of rotatable bonds is 4. The van der Waals surface area contributed by atoms with Crippen LogP contribution in [0.4, 0.5) is 11.5 Å². The molecule has 2 N–H and O–H groups in total. The minimum Gasteiger partial charge on any atom is -0.384 e. The summed E-state index contributed by atoms with van der Waals surface area (Å²) in [4.78, 5) is 37.0. The Morgan fingerprint density at radius 1 is 1.03 bits per heavy atom. The lowest BCUT2D eigenvalue weighted by atomic mass is 9.76. The third-order valence-electron chi connectivity index (χ3n) is 8.08. The van der Waals surface area contributed by atoms with E-state index in [1.54, 1.807) is 6.20 Å². The van der Waals surface area contributed by atoms with Crippen LogP contribution in [-0.2, 0) is 16.1 Å². The minimum absolute atomic E-state index is 0.0937. The molecule has 0 saturated carbocycles. The number of amides is 2. The van der Waals surface area contributed by atoms with E-state index in [4.69, 9.17) is 5.73 Å². The lowest BCUT2D eigenvalue weighted by Gasteiger charge is -2.40. The Morgan fingerprint density at radius 2 is 1.71 bits per heavy atom. The summed E-state index contributed by atoms with van der Waals surface area (Å²) in [5.41, 5.74) is 8.86. The average Bonchev–Trinajstić information content (AvgIpc) is 3.16. The average molecular weight is 462 g/mol. The van der Waals surface area contributed by atoms with E-state index in [0.717, 1.165) is 64.0 Å². The number of nitrogen functional groups attached to an aromatic ring is 1. The maximum Gasteiger partial charge on any atom is 0.233 e. The molecule has 5 rings (SSSR count). The van der Waals surface area contributed by atoms with E-state index in [0.29, 0.717) is 18.9 Å². The van der Waals surface area contributed by atoms with Gasteiger partial charge in [0.1, 0.15) is 5.82 Å². The number of carbonyl (C=O) groups is 2. The molecule has 3 aliphatic rings. The predicted octanol–water partition coefficient (Wildman–Crippen LogP) is 3.23. The molecule has 2 amide bonds. The normalized spacial score (nSPS) is 21.4. The zero-order valence-corrected chi connectivity index (χ0v) is 20.1. The van der Waals surface area contributed by atoms with Crippen LogP contribution in [0.3, 0.4) is 0 Å². The first kappa shape index (κ1) is 22.8. The van der Waals surface area contributed by atoms with Crippen LogP contribution in [0.15, 0.2) is 42.6 Å². The summed E-state index contributed by atoms with van der Waals surface area (Å²) in [7, 11) is 0. The fourth-order valence-corrected chi connectivity index (χ4v) is 5.86. The van der Waals surface area contributed by atoms with Crippen LogP contribution in [0.2, 0.25) is 0 Å². The van der Waals surface area contributed by atoms with Crippen molar-refractivity contribution in [1.82, 2.24) is 14.8 Å². The standard InChI is InChI=1S/C27H35N5O2/c1-20-2-4-23(5-3-20)32-17-11-27(26(32)34)9-15-31(16-10-27)25(33)22-7-13-30(14-8-22)19-21-6-12-29-24(28)18-21/h2-6,12,18,22H,7-11,13-17,19H2,1H3,(H2,28,29). The molecule has 1 spiro atoms. The maximum atomic E-state index is 13.4. The van der Waals surface area contributed by atoms with Crippen LogP contribution in [0.5, 0.6) is 0 Å². The number of aromatic nitrogens is 1. The molecule has 7 nitrogen and oxygen atoms in total. The zero-order valence-electron chi connectivity index (χ0n) is 20.1. The lowest BCUT2D eigenvalue weighted by Crippen LogP contribution is -2.49. The molecule has 7 heteroatoms. The second-order valence-electron chi connectivity index (χ2n) is 10.3. The van der Waals surface area contributed by atoms with Gasteiger partial charge >= 0.3 is 0 Å². The van der Waals surface area contributed by atoms with Gasteiger partial charge in [-0.25, -0.2) is 4.98 Å². The number of likely N-dealkylation sites (tertiary alicyclic amines) is 2. The van der Waals surface area contributed by atoms with E-state index in [-0.39, 0.29) is 23.1 Å². The number of benzene rings is 1. The van der Waals surface area contributed by atoms with Gasteiger partial charge in [0, 0.05) is 44.0 Å². The second-order valence-corrected chi connectivity index (χ2v) is 10.3. The Balaban J connectivity index is 1.12. The van der Waals surface area contributed by atoms with Gasteiger partial charge in [-0.3, -0.25) is 14.5 Å². The number of hydrogen-bond donors (Lipinski definition) is 1. The molecule has 0 bridgehead atoms. The van der Waals surface area contributed by atoms with E-state index >= 15 is 0 Å². The second kappa shape index (κ2) is 9.37. The van der Waals surface area contributed by atoms with Crippen molar-refractivity contribution in [3.63, 3.8) is 0 Å². The van der Waals surface area contributed by atoms with E-state index in [2.05, 4.69) is 28.9 Å². The zero-order chi connectivity index (χ0) is 23.7. The van der Waals surface area contributed by atoms with Crippen molar-refractivity contribution in [1.29, 1.82) is 0 Å². The quantitative estimate of drug-likeness (QED) is 0.756. The molecule has 0 unspecified atom stereocenters. The first-order chi connectivity index (χ1) is 16.4. The fourth-order valence-electron chi connectivity index (χ4n) is 5.86. The highest BCUT2D eigenvalue weighted by Gasteiger charge is 2.49. The Hall–Kier alpha value is -2.93. The lowest BCUT2D eigenvalue weighted by molar-refractivity contribution is -0.142. The van der Waals surface area contributed by atoms with E-state index in [9.17, 15) is 9.59 Å². The molecule has 4 heterocycles. The van der Waals surface area contributed by atoms with Gasteiger partial charge in [0.2, 0.25) is 11.8 Å². The van der Waals surface area contributed by atoms with Crippen LogP contribution < -0.4 is 10.6 Å². The number of aryl methyl sites for hydroxylation is 1. The molecule has 0 radical (unpaired) electrons. The van der Waals surface area contributed by atoms with Crippen LogP contribution in [-0.4, -0.2) is 59.3 Å². The van der Waals surface area contributed by atoms with E-state index in [1.807, 2.05) is 34.1 Å². The molecule has 34 heavy (non-hydrogen) atoms. The van der Waals surface area contributed by atoms with Crippen LogP contribution >= 0.6 is 0 Å². The molecular weight excluding hydrogens is 426 g/mol. The first-order valence-corrected chi connectivity index (χ1v) is 12.5. The summed E-state index contributed by atoms with van der Waals surface area (Å²) in [5, 5.41) is 0. The van der Waals surface area contributed by atoms with Gasteiger partial charge in [0.25, 0.3) is 0 Å². The number of nitrogens with two attached hydrogens (primary N) is 1. The van der Waals surface area contributed by atoms with Crippen molar-refractivity contribution in [3.8, 4) is 0 Å². The van der Waals surface area contributed by atoms with Crippen molar-refractivity contribution >= 4 is 23.3 Å². The number of piperidine rings is 2. The number of anilines is 2. The number of carbonyl (C=O) groups excluding carboxylic acids is 2. The Labute approximate surface area is 201 Å². The van der Waals surface area contributed by atoms with Gasteiger partial charge in [-0.05, 0) is 81.9 Å². The molecule has 180 valence electrons. The van der Waals surface area contributed by atoms with Crippen LogP contribution in [0.25, 0.3) is 0 Å². The van der Waals surface area contributed by atoms with Gasteiger partial charge in [0.05, 0.1) is 5.41 Å². The monoisotopic (exact) mass is 461 g/mol. The van der Waals surface area contributed by atoms with Crippen molar-refractivity contribution in [2.45, 2.75) is 45.6 Å². The summed E-state index contributed by atoms with van der Waals surface area (Å²) >= 11 is 0. The largest absolute Gasteiger partial charge is 0.384 e. The molecular formula is C27H35N5O2. The van der Waals surface area contributed by atoms with Gasteiger partial charge in [-0.15, -0.1) is 0 Å². The Morgan fingerprint density at radius 3 is 2.38 bits per heavy atom. The molecule has 1 aromatic carbocycles. The SMILES string of the molecule is Cc1ccc(N2CCC3(CCN(C(=O)C4CCN(Cc5ccnc(N)c5)CC4)CC3)C2=O)cc1. The fraction of sp³-hybridized carbons (Fsp3) is 0.519. The summed E-state index contributed by atoms with van der Waals surface area (Å²) in [6, 6.07) is 12.1. The van der Waals surface area contributed by atoms with Gasteiger partial charge in [-0.1, -0.05) is 17.7 Å². The summed E-state index contributed by atoms with van der Waals surface area (Å²) in [6.07, 6.45) is 5.98. The van der Waals surface area contributed by atoms with Gasteiger partial charge in [-0.2, -0.15) is 0 Å². The number of nitrogens with zero attached hydrogens (tertiary/aromatic N) is 4. The molecule has 3 saturated heterocycles. The number of pyridine rings is 1. The Bertz CT molecular complexity index is 1040. The first-order valence-electron chi connectivity index (χ1n) is 12.5. The maximum absolute atomic E-state index is 13.4. The third-order valence-corrected chi connectivity index (χ3v) is 8.08. The molecule has 0 atom stereocenters. The molecule has 3 aliphatic heterocycles. The van der Waals surface area contributed by atoms with Crippen molar-refractivity contribution in [2.24, 2.45) is 11.3 Å². The van der Waals surface area contributed by atoms with Crippen molar-refractivity contribution in [2.75, 3.05) is 43.4 Å². The topological polar surface area (TPSA) is 82.8 Å².